The van der Waals surface area contributed by atoms with Crippen LogP contribution in [0.3, 0.4) is 0 Å². The molecule has 0 heterocycles. The number of carbonyl (C=O) groups is 1. The number of carbonyl (C=O) groups excluding carboxylic acids is 1. The Balaban J connectivity index is 1.96. The minimum absolute atomic E-state index is 0.0225. The third kappa shape index (κ3) is 5.67. The lowest BCUT2D eigenvalue weighted by Gasteiger charge is -2.11. The van der Waals surface area contributed by atoms with Gasteiger partial charge >= 0.3 is 5.97 Å². The molecule has 0 N–H and O–H groups in total. The van der Waals surface area contributed by atoms with Crippen LogP contribution < -0.4 is 4.90 Å². The molecule has 0 saturated carbocycles. The van der Waals surface area contributed by atoms with E-state index in [0.29, 0.717) is 0 Å². The van der Waals surface area contributed by atoms with Gasteiger partial charge in [0.25, 0.3) is 0 Å². The van der Waals surface area contributed by atoms with Crippen molar-refractivity contribution in [2.45, 2.75) is 0 Å². The zero-order valence-electron chi connectivity index (χ0n) is 14.3. The van der Waals surface area contributed by atoms with Gasteiger partial charge in [-0.05, 0) is 35.4 Å². The lowest BCUT2D eigenvalue weighted by atomic mass is 10.1. The summed E-state index contributed by atoms with van der Waals surface area (Å²) in [6.45, 7) is 0.117. The summed E-state index contributed by atoms with van der Waals surface area (Å²) in [7, 11) is 3.90. The Morgan fingerprint density at radius 3 is 2.36 bits per heavy atom. The second-order valence-electron chi connectivity index (χ2n) is 5.57. The maximum atomic E-state index is 12.0. The minimum Gasteiger partial charge on any atom is -0.457 e. The van der Waals surface area contributed by atoms with E-state index >= 15 is 0 Å². The van der Waals surface area contributed by atoms with Crippen LogP contribution >= 0.6 is 0 Å². The van der Waals surface area contributed by atoms with E-state index in [1.807, 2.05) is 85.7 Å². The van der Waals surface area contributed by atoms with Crippen molar-refractivity contribution in [3.63, 3.8) is 0 Å². The molecular weight excluding hydrogens is 312 g/mol. The molecular formula is C21H20N2O2. The van der Waals surface area contributed by atoms with Gasteiger partial charge in [0, 0.05) is 19.8 Å². The van der Waals surface area contributed by atoms with Crippen molar-refractivity contribution in [2.24, 2.45) is 0 Å². The van der Waals surface area contributed by atoms with Gasteiger partial charge in [-0.15, -0.1) is 0 Å². The fraction of sp³-hybridized carbons (Fsp3) is 0.143. The number of rotatable bonds is 6. The molecule has 25 heavy (non-hydrogen) atoms. The van der Waals surface area contributed by atoms with Gasteiger partial charge < -0.3 is 9.64 Å². The van der Waals surface area contributed by atoms with Crippen LogP contribution in [0.15, 0.2) is 66.2 Å². The lowest BCUT2D eigenvalue weighted by molar-refractivity contribution is -0.137. The molecule has 2 aromatic carbocycles. The fourth-order valence-electron chi connectivity index (χ4n) is 2.12. The molecule has 0 aliphatic carbocycles. The number of esters is 1. The quantitative estimate of drug-likeness (QED) is 0.457. The smallest absolute Gasteiger partial charge is 0.349 e. The molecule has 4 heteroatoms. The monoisotopic (exact) mass is 332 g/mol. The van der Waals surface area contributed by atoms with Crippen molar-refractivity contribution >= 4 is 23.8 Å². The van der Waals surface area contributed by atoms with Gasteiger partial charge in [-0.1, -0.05) is 48.5 Å². The first-order valence-corrected chi connectivity index (χ1v) is 7.88. The zero-order valence-corrected chi connectivity index (χ0v) is 14.3. The second kappa shape index (κ2) is 9.09. The number of ether oxygens (including phenoxy) is 1. The molecule has 0 aliphatic rings. The van der Waals surface area contributed by atoms with Crippen molar-refractivity contribution in [1.82, 2.24) is 0 Å². The maximum absolute atomic E-state index is 12.0. The molecule has 2 rings (SSSR count). The molecule has 126 valence electrons. The van der Waals surface area contributed by atoms with E-state index in [1.165, 1.54) is 6.08 Å². The molecule has 0 atom stereocenters. The Labute approximate surface area is 148 Å². The summed E-state index contributed by atoms with van der Waals surface area (Å²) in [6, 6.07) is 19.2. The Morgan fingerprint density at radius 2 is 1.76 bits per heavy atom. The summed E-state index contributed by atoms with van der Waals surface area (Å²) in [6.07, 6.45) is 5.14. The van der Waals surface area contributed by atoms with Crippen molar-refractivity contribution < 1.29 is 9.53 Å². The number of nitrogens with zero attached hydrogens (tertiary/aromatic N) is 2. The highest BCUT2D eigenvalue weighted by molar-refractivity contribution is 5.98. The zero-order chi connectivity index (χ0) is 18.1. The van der Waals surface area contributed by atoms with Gasteiger partial charge in [0.05, 0.1) is 0 Å². The third-order valence-electron chi connectivity index (χ3n) is 3.48. The Morgan fingerprint density at radius 1 is 1.08 bits per heavy atom. The van der Waals surface area contributed by atoms with Crippen LogP contribution in [-0.2, 0) is 9.53 Å². The first-order chi connectivity index (χ1) is 12.1. The molecule has 2 aromatic rings. The second-order valence-corrected chi connectivity index (χ2v) is 5.57. The molecule has 0 fully saturated rings. The van der Waals surface area contributed by atoms with Gasteiger partial charge in [0.15, 0.2) is 0 Å². The number of benzene rings is 2. The predicted molar refractivity (Wildman–Crippen MR) is 101 cm³/mol. The summed E-state index contributed by atoms with van der Waals surface area (Å²) < 4.78 is 5.13. The fourth-order valence-corrected chi connectivity index (χ4v) is 2.12. The van der Waals surface area contributed by atoms with Crippen LogP contribution in [0, 0.1) is 11.3 Å². The predicted octanol–water partition coefficient (Wildman–Crippen LogP) is 3.92. The van der Waals surface area contributed by atoms with Crippen LogP contribution in [0.1, 0.15) is 11.1 Å². The molecule has 0 saturated heterocycles. The number of hydrogen-bond acceptors (Lipinski definition) is 4. The first kappa shape index (κ1) is 18.0. The molecule has 0 amide bonds. The van der Waals surface area contributed by atoms with Crippen molar-refractivity contribution in [3.8, 4) is 6.07 Å². The minimum atomic E-state index is -0.628. The highest BCUT2D eigenvalue weighted by atomic mass is 16.5. The van der Waals surface area contributed by atoms with Crippen molar-refractivity contribution in [2.75, 3.05) is 25.6 Å². The molecule has 0 aromatic heterocycles. The van der Waals surface area contributed by atoms with Crippen LogP contribution in [0.25, 0.3) is 12.2 Å². The normalized spacial score (nSPS) is 11.2. The van der Waals surface area contributed by atoms with Gasteiger partial charge in [-0.2, -0.15) is 5.26 Å². The molecule has 0 bridgehead atoms. The summed E-state index contributed by atoms with van der Waals surface area (Å²) in [5.41, 5.74) is 2.82. The van der Waals surface area contributed by atoms with E-state index in [0.717, 1.165) is 16.8 Å². The number of hydrogen-bond donors (Lipinski definition) is 0. The highest BCUT2D eigenvalue weighted by Gasteiger charge is 2.09. The molecule has 0 aliphatic heterocycles. The van der Waals surface area contributed by atoms with Crippen molar-refractivity contribution in [3.05, 3.63) is 77.4 Å². The summed E-state index contributed by atoms with van der Waals surface area (Å²) in [5.74, 6) is -0.628. The Hall–Kier alpha value is -3.32. The summed E-state index contributed by atoms with van der Waals surface area (Å²) in [4.78, 5) is 14.0. The van der Waals surface area contributed by atoms with Gasteiger partial charge in [0.1, 0.15) is 18.2 Å². The van der Waals surface area contributed by atoms with Crippen molar-refractivity contribution in [1.29, 1.82) is 5.26 Å². The van der Waals surface area contributed by atoms with E-state index in [9.17, 15) is 10.1 Å². The summed E-state index contributed by atoms with van der Waals surface area (Å²) in [5, 5.41) is 9.19. The number of anilines is 1. The highest BCUT2D eigenvalue weighted by Crippen LogP contribution is 2.15. The maximum Gasteiger partial charge on any atom is 0.349 e. The lowest BCUT2D eigenvalue weighted by Crippen LogP contribution is -2.08. The average Bonchev–Trinajstić information content (AvgIpc) is 2.64. The number of nitriles is 1. The van der Waals surface area contributed by atoms with E-state index in [1.54, 1.807) is 6.08 Å². The third-order valence-corrected chi connectivity index (χ3v) is 3.48. The van der Waals surface area contributed by atoms with E-state index in [2.05, 4.69) is 0 Å². The van der Waals surface area contributed by atoms with E-state index in [4.69, 9.17) is 4.74 Å². The molecule has 4 nitrogen and oxygen atoms in total. The topological polar surface area (TPSA) is 53.3 Å². The van der Waals surface area contributed by atoms with Crippen LogP contribution in [0.2, 0.25) is 0 Å². The van der Waals surface area contributed by atoms with Crippen LogP contribution in [-0.4, -0.2) is 26.7 Å². The summed E-state index contributed by atoms with van der Waals surface area (Å²) >= 11 is 0. The Bertz CT molecular complexity index is 798. The molecule has 0 radical (unpaired) electrons. The SMILES string of the molecule is CN(C)c1ccc(/C=C(/C#N)C(=O)OC/C=C/c2ccccc2)cc1. The van der Waals surface area contributed by atoms with Gasteiger partial charge in [0.2, 0.25) is 0 Å². The molecule has 0 unspecified atom stereocenters. The standard InChI is InChI=1S/C21H20N2O2/c1-23(2)20-12-10-18(11-13-20)15-19(16-22)21(24)25-14-6-9-17-7-4-3-5-8-17/h3-13,15H,14H2,1-2H3/b9-6+,19-15-. The van der Waals surface area contributed by atoms with Gasteiger partial charge in [-0.25, -0.2) is 4.79 Å². The van der Waals surface area contributed by atoms with E-state index in [-0.39, 0.29) is 12.2 Å². The van der Waals surface area contributed by atoms with Gasteiger partial charge in [-0.3, -0.25) is 0 Å². The first-order valence-electron chi connectivity index (χ1n) is 7.88. The van der Waals surface area contributed by atoms with Crippen LogP contribution in [0.4, 0.5) is 5.69 Å². The van der Waals surface area contributed by atoms with E-state index < -0.39 is 5.97 Å². The molecule has 0 spiro atoms. The van der Waals surface area contributed by atoms with Crippen LogP contribution in [0.5, 0.6) is 0 Å². The largest absolute Gasteiger partial charge is 0.457 e. The Kier molecular flexibility index (Phi) is 6.56. The average molecular weight is 332 g/mol.